The van der Waals surface area contributed by atoms with Crippen molar-refractivity contribution in [2.45, 2.75) is 26.7 Å². The van der Waals surface area contributed by atoms with Gasteiger partial charge in [0.1, 0.15) is 5.75 Å². The minimum absolute atomic E-state index is 0.00981. The first-order valence-electron chi connectivity index (χ1n) is 6.81. The van der Waals surface area contributed by atoms with Crippen LogP contribution in [0.25, 0.3) is 0 Å². The fourth-order valence-corrected chi connectivity index (χ4v) is 1.88. The largest absolute Gasteiger partial charge is 0.491 e. The summed E-state index contributed by atoms with van der Waals surface area (Å²) in [6, 6.07) is 7.53. The van der Waals surface area contributed by atoms with Crippen LogP contribution in [0.2, 0.25) is 0 Å². The van der Waals surface area contributed by atoms with Crippen LogP contribution in [0, 0.1) is 11.3 Å². The van der Waals surface area contributed by atoms with Crippen LogP contribution < -0.4 is 15.8 Å². The molecule has 19 heavy (non-hydrogen) atoms. The molecule has 1 aromatic carbocycles. The minimum Gasteiger partial charge on any atom is -0.491 e. The lowest BCUT2D eigenvalue weighted by atomic mass is 10.1. The number of para-hydroxylation sites is 2. The Kier molecular flexibility index (Phi) is 4.10. The Morgan fingerprint density at radius 3 is 2.68 bits per heavy atom. The maximum absolute atomic E-state index is 12.2. The Balaban J connectivity index is 2.05. The molecular weight excluding hydrogens is 240 g/mol. The van der Waals surface area contributed by atoms with Gasteiger partial charge in [0.2, 0.25) is 5.91 Å². The molecule has 0 heterocycles. The molecule has 1 fully saturated rings. The van der Waals surface area contributed by atoms with E-state index in [1.54, 1.807) is 0 Å². The summed E-state index contributed by atoms with van der Waals surface area (Å²) in [6.07, 6.45) is 1.76. The second kappa shape index (κ2) is 5.61. The highest BCUT2D eigenvalue weighted by molar-refractivity contribution is 5.98. The average molecular weight is 262 g/mol. The molecule has 1 aliphatic rings. The van der Waals surface area contributed by atoms with Crippen LogP contribution in [-0.2, 0) is 4.79 Å². The van der Waals surface area contributed by atoms with E-state index in [9.17, 15) is 4.79 Å². The second-order valence-corrected chi connectivity index (χ2v) is 5.64. The molecule has 4 heteroatoms. The minimum atomic E-state index is -0.342. The lowest BCUT2D eigenvalue weighted by Gasteiger charge is -2.16. The number of anilines is 1. The summed E-state index contributed by atoms with van der Waals surface area (Å²) in [5, 5.41) is 2.94. The van der Waals surface area contributed by atoms with E-state index >= 15 is 0 Å². The molecular formula is C15H22N2O2. The molecule has 0 atom stereocenters. The number of carbonyl (C=O) groups is 1. The van der Waals surface area contributed by atoms with Crippen LogP contribution >= 0.6 is 0 Å². The van der Waals surface area contributed by atoms with Gasteiger partial charge in [-0.05, 0) is 30.9 Å². The molecule has 0 saturated heterocycles. The highest BCUT2D eigenvalue weighted by Gasteiger charge is 2.48. The molecule has 1 amide bonds. The predicted molar refractivity (Wildman–Crippen MR) is 76.1 cm³/mol. The summed E-state index contributed by atoms with van der Waals surface area (Å²) in [5.41, 5.74) is 6.06. The van der Waals surface area contributed by atoms with Gasteiger partial charge in [-0.3, -0.25) is 4.79 Å². The first kappa shape index (κ1) is 13.9. The van der Waals surface area contributed by atoms with Gasteiger partial charge >= 0.3 is 0 Å². The summed E-state index contributed by atoms with van der Waals surface area (Å²) < 4.78 is 5.72. The van der Waals surface area contributed by atoms with Crippen LogP contribution in [0.4, 0.5) is 5.69 Å². The van der Waals surface area contributed by atoms with Crippen molar-refractivity contribution in [3.05, 3.63) is 24.3 Å². The number of nitrogens with two attached hydrogens (primary N) is 1. The molecule has 1 aliphatic carbocycles. The number of hydrogen-bond donors (Lipinski definition) is 2. The molecule has 0 unspecified atom stereocenters. The summed E-state index contributed by atoms with van der Waals surface area (Å²) in [4.78, 5) is 12.2. The van der Waals surface area contributed by atoms with Gasteiger partial charge in [0.15, 0.2) is 0 Å². The number of carbonyl (C=O) groups excluding carboxylic acids is 1. The van der Waals surface area contributed by atoms with E-state index in [2.05, 4.69) is 19.2 Å². The van der Waals surface area contributed by atoms with Crippen LogP contribution in [0.5, 0.6) is 5.75 Å². The maximum atomic E-state index is 12.2. The van der Waals surface area contributed by atoms with Crippen LogP contribution in [-0.4, -0.2) is 19.1 Å². The molecule has 0 aliphatic heterocycles. The van der Waals surface area contributed by atoms with Crippen LogP contribution in [0.1, 0.15) is 26.7 Å². The van der Waals surface area contributed by atoms with E-state index in [-0.39, 0.29) is 11.3 Å². The third kappa shape index (κ3) is 3.26. The average Bonchev–Trinajstić information content (AvgIpc) is 3.18. The number of amides is 1. The van der Waals surface area contributed by atoms with Crippen molar-refractivity contribution in [2.75, 3.05) is 18.5 Å². The summed E-state index contributed by atoms with van der Waals surface area (Å²) in [5.74, 6) is 1.18. The van der Waals surface area contributed by atoms with Gasteiger partial charge in [-0.25, -0.2) is 0 Å². The van der Waals surface area contributed by atoms with E-state index in [4.69, 9.17) is 10.5 Å². The van der Waals surface area contributed by atoms with Crippen molar-refractivity contribution >= 4 is 11.6 Å². The molecule has 2 rings (SSSR count). The topological polar surface area (TPSA) is 64.3 Å². The molecule has 0 bridgehead atoms. The first-order valence-corrected chi connectivity index (χ1v) is 6.81. The van der Waals surface area contributed by atoms with Crippen molar-refractivity contribution < 1.29 is 9.53 Å². The third-order valence-electron chi connectivity index (χ3n) is 3.43. The van der Waals surface area contributed by atoms with Gasteiger partial charge in [-0.2, -0.15) is 0 Å². The van der Waals surface area contributed by atoms with Crippen molar-refractivity contribution in [1.82, 2.24) is 0 Å². The standard InChI is InChI=1S/C15H22N2O2/c1-11(2)9-19-13-6-4-3-5-12(13)17-14(18)15(10-16)7-8-15/h3-6,11H,7-10,16H2,1-2H3,(H,17,18). The van der Waals surface area contributed by atoms with Gasteiger partial charge in [0.25, 0.3) is 0 Å². The van der Waals surface area contributed by atoms with Gasteiger partial charge in [0, 0.05) is 6.54 Å². The van der Waals surface area contributed by atoms with Crippen LogP contribution in [0.15, 0.2) is 24.3 Å². The van der Waals surface area contributed by atoms with Crippen molar-refractivity contribution in [3.63, 3.8) is 0 Å². The Bertz CT molecular complexity index is 453. The van der Waals surface area contributed by atoms with E-state index in [1.807, 2.05) is 24.3 Å². The zero-order chi connectivity index (χ0) is 13.9. The van der Waals surface area contributed by atoms with Gasteiger partial charge in [-0.15, -0.1) is 0 Å². The van der Waals surface area contributed by atoms with Crippen molar-refractivity contribution in [2.24, 2.45) is 17.1 Å². The van der Waals surface area contributed by atoms with E-state index < -0.39 is 0 Å². The van der Waals surface area contributed by atoms with E-state index in [1.165, 1.54) is 0 Å². The predicted octanol–water partition coefficient (Wildman–Crippen LogP) is 2.40. The summed E-state index contributed by atoms with van der Waals surface area (Å²) >= 11 is 0. The lowest BCUT2D eigenvalue weighted by molar-refractivity contribution is -0.120. The Labute approximate surface area is 114 Å². The van der Waals surface area contributed by atoms with Crippen molar-refractivity contribution in [3.8, 4) is 5.75 Å². The zero-order valence-electron chi connectivity index (χ0n) is 11.6. The molecule has 104 valence electrons. The molecule has 0 radical (unpaired) electrons. The number of hydrogen-bond acceptors (Lipinski definition) is 3. The Morgan fingerprint density at radius 1 is 1.42 bits per heavy atom. The smallest absolute Gasteiger partial charge is 0.231 e. The molecule has 0 spiro atoms. The highest BCUT2D eigenvalue weighted by atomic mass is 16.5. The maximum Gasteiger partial charge on any atom is 0.231 e. The Hall–Kier alpha value is -1.55. The normalized spacial score (nSPS) is 16.2. The van der Waals surface area contributed by atoms with Crippen molar-refractivity contribution in [1.29, 1.82) is 0 Å². The molecule has 1 saturated carbocycles. The highest BCUT2D eigenvalue weighted by Crippen LogP contribution is 2.45. The Morgan fingerprint density at radius 2 is 2.11 bits per heavy atom. The quantitative estimate of drug-likeness (QED) is 0.827. The molecule has 0 aromatic heterocycles. The third-order valence-corrected chi connectivity index (χ3v) is 3.43. The second-order valence-electron chi connectivity index (χ2n) is 5.64. The zero-order valence-corrected chi connectivity index (χ0v) is 11.6. The van der Waals surface area contributed by atoms with Gasteiger partial charge in [-0.1, -0.05) is 26.0 Å². The molecule has 4 nitrogen and oxygen atoms in total. The fourth-order valence-electron chi connectivity index (χ4n) is 1.88. The van der Waals surface area contributed by atoms with Gasteiger partial charge < -0.3 is 15.8 Å². The molecule has 1 aromatic rings. The summed E-state index contributed by atoms with van der Waals surface area (Å²) in [6.45, 7) is 5.23. The van der Waals surface area contributed by atoms with Crippen LogP contribution in [0.3, 0.4) is 0 Å². The van der Waals surface area contributed by atoms with E-state index in [0.717, 1.165) is 24.3 Å². The van der Waals surface area contributed by atoms with E-state index in [0.29, 0.717) is 19.1 Å². The first-order chi connectivity index (χ1) is 9.07. The summed E-state index contributed by atoms with van der Waals surface area (Å²) in [7, 11) is 0. The lowest BCUT2D eigenvalue weighted by Crippen LogP contribution is -2.31. The number of benzene rings is 1. The fraction of sp³-hybridized carbons (Fsp3) is 0.533. The number of ether oxygens (including phenoxy) is 1. The number of nitrogens with one attached hydrogen (secondary N) is 1. The SMILES string of the molecule is CC(C)COc1ccccc1NC(=O)C1(CN)CC1. The van der Waals surface area contributed by atoms with Gasteiger partial charge in [0.05, 0.1) is 17.7 Å². The number of rotatable bonds is 6. The molecule has 3 N–H and O–H groups in total. The monoisotopic (exact) mass is 262 g/mol.